The van der Waals surface area contributed by atoms with Gasteiger partial charge < -0.3 is 14.5 Å². The molecule has 2 aromatic heterocycles. The minimum Gasteiger partial charge on any atom is -0.505 e. The van der Waals surface area contributed by atoms with Crippen molar-refractivity contribution in [2.75, 3.05) is 18.0 Å². The van der Waals surface area contributed by atoms with Gasteiger partial charge >= 0.3 is 0 Å². The second-order valence-electron chi connectivity index (χ2n) is 4.67. The third kappa shape index (κ3) is 2.52. The molecule has 0 aliphatic carbocycles. The van der Waals surface area contributed by atoms with Crippen molar-refractivity contribution in [1.82, 2.24) is 15.1 Å². The van der Waals surface area contributed by atoms with Gasteiger partial charge in [-0.1, -0.05) is 12.8 Å². The van der Waals surface area contributed by atoms with Crippen molar-refractivity contribution >= 4 is 5.95 Å². The maximum Gasteiger partial charge on any atom is 0.281 e. The van der Waals surface area contributed by atoms with Crippen LogP contribution >= 0.6 is 0 Å². The van der Waals surface area contributed by atoms with Crippen LogP contribution in [0.1, 0.15) is 25.7 Å². The van der Waals surface area contributed by atoms with Crippen molar-refractivity contribution in [2.45, 2.75) is 25.7 Å². The SMILES string of the molecule is Oc1cccnc1-c1nc(N2CCCCCC2)no1. The minimum absolute atomic E-state index is 0.0496. The largest absolute Gasteiger partial charge is 0.505 e. The quantitative estimate of drug-likeness (QED) is 0.892. The van der Waals surface area contributed by atoms with Crippen molar-refractivity contribution in [1.29, 1.82) is 0 Å². The average molecular weight is 260 g/mol. The van der Waals surface area contributed by atoms with Crippen LogP contribution < -0.4 is 4.90 Å². The van der Waals surface area contributed by atoms with Crippen LogP contribution in [0.4, 0.5) is 5.95 Å². The van der Waals surface area contributed by atoms with E-state index in [4.69, 9.17) is 4.52 Å². The first-order valence-electron chi connectivity index (χ1n) is 6.57. The predicted octanol–water partition coefficient (Wildman–Crippen LogP) is 2.22. The fourth-order valence-electron chi connectivity index (χ4n) is 2.27. The van der Waals surface area contributed by atoms with E-state index in [0.717, 1.165) is 25.9 Å². The molecule has 0 radical (unpaired) electrons. The fraction of sp³-hybridized carbons (Fsp3) is 0.462. The summed E-state index contributed by atoms with van der Waals surface area (Å²) in [5.41, 5.74) is 0.330. The van der Waals surface area contributed by atoms with Crippen molar-refractivity contribution in [3.05, 3.63) is 18.3 Å². The van der Waals surface area contributed by atoms with Crippen LogP contribution in [-0.2, 0) is 0 Å². The van der Waals surface area contributed by atoms with Gasteiger partial charge in [0.25, 0.3) is 11.8 Å². The van der Waals surface area contributed by atoms with Crippen molar-refractivity contribution < 1.29 is 9.63 Å². The van der Waals surface area contributed by atoms with Gasteiger partial charge in [0.1, 0.15) is 5.75 Å². The lowest BCUT2D eigenvalue weighted by molar-refractivity contribution is 0.421. The number of hydrogen-bond acceptors (Lipinski definition) is 6. The van der Waals surface area contributed by atoms with Crippen molar-refractivity contribution in [2.24, 2.45) is 0 Å². The summed E-state index contributed by atoms with van der Waals surface area (Å²) in [5, 5.41) is 13.7. The molecule has 1 aliphatic rings. The zero-order valence-corrected chi connectivity index (χ0v) is 10.6. The lowest BCUT2D eigenvalue weighted by Gasteiger charge is -2.16. The Kier molecular flexibility index (Phi) is 3.31. The number of nitrogens with zero attached hydrogens (tertiary/aromatic N) is 4. The molecule has 1 saturated heterocycles. The number of anilines is 1. The van der Waals surface area contributed by atoms with Crippen LogP contribution in [0.3, 0.4) is 0 Å². The van der Waals surface area contributed by atoms with Crippen LogP contribution in [0.2, 0.25) is 0 Å². The molecule has 0 spiro atoms. The van der Waals surface area contributed by atoms with E-state index in [2.05, 4.69) is 20.0 Å². The Morgan fingerprint density at radius 2 is 1.95 bits per heavy atom. The molecule has 0 unspecified atom stereocenters. The van der Waals surface area contributed by atoms with Gasteiger partial charge in [-0.15, -0.1) is 0 Å². The summed E-state index contributed by atoms with van der Waals surface area (Å²) in [5.74, 6) is 0.896. The van der Waals surface area contributed by atoms with Gasteiger partial charge in [0.2, 0.25) is 0 Å². The highest BCUT2D eigenvalue weighted by atomic mass is 16.5. The Hall–Kier alpha value is -2.11. The monoisotopic (exact) mass is 260 g/mol. The van der Waals surface area contributed by atoms with E-state index in [1.54, 1.807) is 18.3 Å². The van der Waals surface area contributed by atoms with Crippen LogP contribution in [0.25, 0.3) is 11.6 Å². The smallest absolute Gasteiger partial charge is 0.281 e. The first-order valence-corrected chi connectivity index (χ1v) is 6.57. The molecule has 3 rings (SSSR count). The van der Waals surface area contributed by atoms with Gasteiger partial charge in [-0.25, -0.2) is 4.98 Å². The van der Waals surface area contributed by atoms with E-state index in [1.165, 1.54) is 12.8 Å². The molecule has 3 heterocycles. The molecule has 1 N–H and O–H groups in total. The summed E-state index contributed by atoms with van der Waals surface area (Å²) in [7, 11) is 0. The molecule has 0 bridgehead atoms. The summed E-state index contributed by atoms with van der Waals surface area (Å²) in [6.07, 6.45) is 6.40. The van der Waals surface area contributed by atoms with Crippen LogP contribution in [-0.4, -0.2) is 33.3 Å². The molecular formula is C13H16N4O2. The highest BCUT2D eigenvalue weighted by molar-refractivity contribution is 5.57. The van der Waals surface area contributed by atoms with E-state index >= 15 is 0 Å². The summed E-state index contributed by atoms with van der Waals surface area (Å²) in [6, 6.07) is 3.21. The number of aromatic hydroxyl groups is 1. The van der Waals surface area contributed by atoms with Crippen LogP contribution in [0.15, 0.2) is 22.9 Å². The normalized spacial score (nSPS) is 16.3. The van der Waals surface area contributed by atoms with E-state index in [1.807, 2.05) is 0 Å². The van der Waals surface area contributed by atoms with Gasteiger partial charge in [-0.05, 0) is 30.1 Å². The number of aromatic nitrogens is 3. The van der Waals surface area contributed by atoms with Crippen molar-refractivity contribution in [3.8, 4) is 17.3 Å². The van der Waals surface area contributed by atoms with Gasteiger partial charge in [-0.3, -0.25) is 0 Å². The Morgan fingerprint density at radius 1 is 1.16 bits per heavy atom. The third-order valence-electron chi connectivity index (χ3n) is 3.29. The zero-order chi connectivity index (χ0) is 13.1. The second kappa shape index (κ2) is 5.26. The maximum atomic E-state index is 9.72. The van der Waals surface area contributed by atoms with Crippen LogP contribution in [0.5, 0.6) is 5.75 Å². The molecule has 6 nitrogen and oxygen atoms in total. The lowest BCUT2D eigenvalue weighted by atomic mass is 10.2. The number of pyridine rings is 1. The molecule has 19 heavy (non-hydrogen) atoms. The summed E-state index contributed by atoms with van der Waals surface area (Å²) < 4.78 is 5.20. The Labute approximate surface area is 111 Å². The molecule has 6 heteroatoms. The van der Waals surface area contributed by atoms with Gasteiger partial charge in [0.15, 0.2) is 5.69 Å². The zero-order valence-electron chi connectivity index (χ0n) is 10.6. The maximum absolute atomic E-state index is 9.72. The Morgan fingerprint density at radius 3 is 2.68 bits per heavy atom. The van der Waals surface area contributed by atoms with E-state index in [9.17, 15) is 5.11 Å². The summed E-state index contributed by atoms with van der Waals surface area (Å²) in [4.78, 5) is 10.5. The molecule has 1 fully saturated rings. The highest BCUT2D eigenvalue weighted by Gasteiger charge is 2.18. The highest BCUT2D eigenvalue weighted by Crippen LogP contribution is 2.26. The first-order chi connectivity index (χ1) is 9.34. The fourth-order valence-corrected chi connectivity index (χ4v) is 2.27. The number of hydrogen-bond donors (Lipinski definition) is 1. The number of rotatable bonds is 2. The topological polar surface area (TPSA) is 75.3 Å². The molecule has 0 atom stereocenters. The molecule has 100 valence electrons. The third-order valence-corrected chi connectivity index (χ3v) is 3.29. The molecule has 0 amide bonds. The summed E-state index contributed by atoms with van der Waals surface area (Å²) >= 11 is 0. The van der Waals surface area contributed by atoms with Crippen LogP contribution in [0, 0.1) is 0 Å². The summed E-state index contributed by atoms with van der Waals surface area (Å²) in [6.45, 7) is 1.90. The predicted molar refractivity (Wildman–Crippen MR) is 69.9 cm³/mol. The Bertz CT molecular complexity index is 547. The van der Waals surface area contributed by atoms with Gasteiger partial charge in [0.05, 0.1) is 0 Å². The average Bonchev–Trinajstić information content (AvgIpc) is 2.75. The van der Waals surface area contributed by atoms with Gasteiger partial charge in [0, 0.05) is 19.3 Å². The van der Waals surface area contributed by atoms with E-state index in [-0.39, 0.29) is 11.6 Å². The van der Waals surface area contributed by atoms with Gasteiger partial charge in [-0.2, -0.15) is 4.98 Å². The molecule has 0 aromatic carbocycles. The minimum atomic E-state index is 0.0496. The Balaban J connectivity index is 1.85. The van der Waals surface area contributed by atoms with E-state index < -0.39 is 0 Å². The molecule has 1 aliphatic heterocycles. The molecule has 2 aromatic rings. The first kappa shape index (κ1) is 12.0. The standard InChI is InChI=1S/C13H16N4O2/c18-10-6-5-7-14-11(10)12-15-13(16-19-12)17-8-3-1-2-4-9-17/h5-7,18H,1-4,8-9H2. The molecular weight excluding hydrogens is 244 g/mol. The molecule has 0 saturated carbocycles. The second-order valence-corrected chi connectivity index (χ2v) is 4.67. The van der Waals surface area contributed by atoms with Crippen molar-refractivity contribution in [3.63, 3.8) is 0 Å². The van der Waals surface area contributed by atoms with E-state index in [0.29, 0.717) is 11.6 Å². The lowest BCUT2D eigenvalue weighted by Crippen LogP contribution is -2.24.